The minimum atomic E-state index is -3.96. The van der Waals surface area contributed by atoms with E-state index in [-0.39, 0.29) is 10.7 Å². The Morgan fingerprint density at radius 2 is 2.00 bits per heavy atom. The van der Waals surface area contributed by atoms with Gasteiger partial charge in [-0.15, -0.1) is 16.2 Å². The number of Topliss-reactive ketones (excluding diaryl/α,β-unsaturated/α-hetero) is 1. The van der Waals surface area contributed by atoms with Crippen LogP contribution in [-0.4, -0.2) is 20.1 Å². The molecular formula is C18H20N2O4S2. The van der Waals surface area contributed by atoms with Crippen LogP contribution in [0.4, 0.5) is 0 Å². The molecule has 1 aliphatic rings. The van der Waals surface area contributed by atoms with Gasteiger partial charge in [0.25, 0.3) is 15.9 Å². The molecule has 0 spiro atoms. The summed E-state index contributed by atoms with van der Waals surface area (Å²) < 4.78 is 24.7. The summed E-state index contributed by atoms with van der Waals surface area (Å²) in [6.45, 7) is 3.55. The first-order valence-electron chi connectivity index (χ1n) is 8.31. The van der Waals surface area contributed by atoms with E-state index in [1.165, 1.54) is 53.0 Å². The minimum absolute atomic E-state index is 0.0789. The van der Waals surface area contributed by atoms with Gasteiger partial charge in [-0.05, 0) is 55.9 Å². The number of hydrogen-bond acceptors (Lipinski definition) is 5. The fraction of sp³-hybridized carbons (Fsp3) is 0.333. The van der Waals surface area contributed by atoms with Crippen molar-refractivity contribution in [2.75, 3.05) is 0 Å². The highest BCUT2D eigenvalue weighted by atomic mass is 32.2. The molecule has 2 aromatic rings. The Morgan fingerprint density at radius 1 is 1.23 bits per heavy atom. The van der Waals surface area contributed by atoms with Gasteiger partial charge in [0.2, 0.25) is 0 Å². The predicted molar refractivity (Wildman–Crippen MR) is 99.7 cm³/mol. The van der Waals surface area contributed by atoms with Crippen molar-refractivity contribution in [3.8, 4) is 0 Å². The number of aryl methyl sites for hydroxylation is 1. The van der Waals surface area contributed by atoms with E-state index < -0.39 is 15.9 Å². The van der Waals surface area contributed by atoms with Gasteiger partial charge in [-0.2, -0.15) is 0 Å². The summed E-state index contributed by atoms with van der Waals surface area (Å²) in [4.78, 5) is 27.4. The fourth-order valence-corrected chi connectivity index (χ4v) is 4.92. The van der Waals surface area contributed by atoms with Crippen LogP contribution in [-0.2, 0) is 22.9 Å². The Kier molecular flexibility index (Phi) is 5.27. The average molecular weight is 393 g/mol. The second kappa shape index (κ2) is 7.30. The van der Waals surface area contributed by atoms with Crippen molar-refractivity contribution in [2.24, 2.45) is 5.92 Å². The van der Waals surface area contributed by atoms with Gasteiger partial charge in [0.15, 0.2) is 5.78 Å². The van der Waals surface area contributed by atoms with E-state index in [1.54, 1.807) is 0 Å². The first kappa shape index (κ1) is 18.8. The number of hydrazine groups is 1. The zero-order valence-corrected chi connectivity index (χ0v) is 16.2. The topological polar surface area (TPSA) is 92.3 Å². The average Bonchev–Trinajstić information content (AvgIpc) is 3.03. The molecule has 1 aromatic heterocycles. The third kappa shape index (κ3) is 4.03. The highest BCUT2D eigenvalue weighted by molar-refractivity contribution is 7.89. The van der Waals surface area contributed by atoms with E-state index in [9.17, 15) is 18.0 Å². The van der Waals surface area contributed by atoms with Crippen molar-refractivity contribution < 1.29 is 18.0 Å². The Hall–Kier alpha value is -2.03. The Bertz CT molecular complexity index is 963. The summed E-state index contributed by atoms with van der Waals surface area (Å²) in [5.41, 5.74) is 3.72. The summed E-state index contributed by atoms with van der Waals surface area (Å²) in [5, 5.41) is 0. The number of nitrogens with one attached hydrogen (secondary N) is 2. The van der Waals surface area contributed by atoms with Crippen LogP contribution in [0.25, 0.3) is 0 Å². The Balaban J connectivity index is 1.71. The molecule has 0 saturated carbocycles. The van der Waals surface area contributed by atoms with Crippen molar-refractivity contribution in [2.45, 2.75) is 38.0 Å². The standard InChI is InChI=1S/C18H20N2O4S2/c1-11-6-7-16-14(8-11)10-17(25-16)18(22)19-20-26(23,24)15-5-3-4-13(9-15)12(2)21/h3-5,9-11,20H,6-8H2,1-2H3,(H,19,22). The number of rotatable bonds is 5. The number of amides is 1. The van der Waals surface area contributed by atoms with Gasteiger partial charge in [-0.1, -0.05) is 19.1 Å². The van der Waals surface area contributed by atoms with Crippen LogP contribution in [0.5, 0.6) is 0 Å². The number of carbonyl (C=O) groups is 2. The zero-order chi connectivity index (χ0) is 18.9. The van der Waals surface area contributed by atoms with Crippen molar-refractivity contribution in [3.63, 3.8) is 0 Å². The SMILES string of the molecule is CC(=O)c1cccc(S(=O)(=O)NNC(=O)c2cc3c(s2)CCC(C)C3)c1. The number of ketones is 1. The van der Waals surface area contributed by atoms with Gasteiger partial charge in [0.05, 0.1) is 9.77 Å². The molecule has 0 bridgehead atoms. The number of hydrogen-bond donors (Lipinski definition) is 2. The van der Waals surface area contributed by atoms with Crippen molar-refractivity contribution >= 4 is 33.1 Å². The summed E-state index contributed by atoms with van der Waals surface area (Å²) >= 11 is 1.41. The third-order valence-corrected chi connectivity index (χ3v) is 6.88. The molecule has 8 heteroatoms. The number of carbonyl (C=O) groups excluding carboxylic acids is 2. The third-order valence-electron chi connectivity index (χ3n) is 4.40. The van der Waals surface area contributed by atoms with E-state index in [0.717, 1.165) is 19.3 Å². The molecule has 1 amide bonds. The van der Waals surface area contributed by atoms with Gasteiger partial charge >= 0.3 is 0 Å². The van der Waals surface area contributed by atoms with E-state index >= 15 is 0 Å². The normalized spacial score (nSPS) is 16.8. The van der Waals surface area contributed by atoms with Gasteiger partial charge < -0.3 is 0 Å². The molecule has 6 nitrogen and oxygen atoms in total. The van der Waals surface area contributed by atoms with Crippen LogP contribution in [0, 0.1) is 5.92 Å². The molecule has 1 heterocycles. The predicted octanol–water partition coefficient (Wildman–Crippen LogP) is 2.70. The monoisotopic (exact) mass is 392 g/mol. The zero-order valence-electron chi connectivity index (χ0n) is 14.5. The summed E-state index contributed by atoms with van der Waals surface area (Å²) in [6.07, 6.45) is 3.01. The van der Waals surface area contributed by atoms with Crippen LogP contribution < -0.4 is 10.3 Å². The molecule has 138 valence electrons. The van der Waals surface area contributed by atoms with Crippen LogP contribution >= 0.6 is 11.3 Å². The van der Waals surface area contributed by atoms with E-state index in [1.807, 2.05) is 6.07 Å². The maximum Gasteiger partial charge on any atom is 0.276 e. The molecule has 1 unspecified atom stereocenters. The summed E-state index contributed by atoms with van der Waals surface area (Å²) in [7, 11) is -3.96. The van der Waals surface area contributed by atoms with Gasteiger partial charge in [-0.25, -0.2) is 8.42 Å². The number of benzene rings is 1. The van der Waals surface area contributed by atoms with E-state index in [0.29, 0.717) is 16.4 Å². The molecule has 2 N–H and O–H groups in total. The maximum absolute atomic E-state index is 12.3. The van der Waals surface area contributed by atoms with Gasteiger partial charge in [-0.3, -0.25) is 15.0 Å². The smallest absolute Gasteiger partial charge is 0.276 e. The molecule has 1 aliphatic carbocycles. The largest absolute Gasteiger partial charge is 0.295 e. The molecule has 3 rings (SSSR count). The van der Waals surface area contributed by atoms with E-state index in [2.05, 4.69) is 17.2 Å². The Labute approximate surface area is 156 Å². The second-order valence-corrected chi connectivity index (χ2v) is 9.37. The lowest BCUT2D eigenvalue weighted by Crippen LogP contribution is -2.41. The number of sulfonamides is 1. The van der Waals surface area contributed by atoms with Crippen molar-refractivity contribution in [3.05, 3.63) is 51.2 Å². The fourth-order valence-electron chi connectivity index (χ4n) is 2.93. The first-order valence-corrected chi connectivity index (χ1v) is 10.6. The van der Waals surface area contributed by atoms with Gasteiger partial charge in [0, 0.05) is 10.4 Å². The molecular weight excluding hydrogens is 372 g/mol. The number of fused-ring (bicyclic) bond motifs is 1. The molecule has 0 aliphatic heterocycles. The second-order valence-electron chi connectivity index (χ2n) is 6.55. The van der Waals surface area contributed by atoms with Crippen LogP contribution in [0.1, 0.15) is 50.7 Å². The lowest BCUT2D eigenvalue weighted by Gasteiger charge is -2.16. The first-order chi connectivity index (χ1) is 12.3. The molecule has 26 heavy (non-hydrogen) atoms. The van der Waals surface area contributed by atoms with Gasteiger partial charge in [0.1, 0.15) is 0 Å². The van der Waals surface area contributed by atoms with Crippen LogP contribution in [0.3, 0.4) is 0 Å². The van der Waals surface area contributed by atoms with Crippen molar-refractivity contribution in [1.29, 1.82) is 0 Å². The minimum Gasteiger partial charge on any atom is -0.295 e. The quantitative estimate of drug-likeness (QED) is 0.604. The lowest BCUT2D eigenvalue weighted by molar-refractivity contribution is 0.0948. The molecule has 1 atom stereocenters. The summed E-state index contributed by atoms with van der Waals surface area (Å²) in [5.74, 6) is -0.118. The molecule has 0 radical (unpaired) electrons. The van der Waals surface area contributed by atoms with Crippen LogP contribution in [0.2, 0.25) is 0 Å². The molecule has 0 fully saturated rings. The molecule has 1 aromatic carbocycles. The van der Waals surface area contributed by atoms with Crippen molar-refractivity contribution in [1.82, 2.24) is 10.3 Å². The van der Waals surface area contributed by atoms with E-state index in [4.69, 9.17) is 0 Å². The lowest BCUT2D eigenvalue weighted by atomic mass is 9.90. The number of thiophene rings is 1. The van der Waals surface area contributed by atoms with Crippen LogP contribution in [0.15, 0.2) is 35.2 Å². The molecule has 0 saturated heterocycles. The maximum atomic E-state index is 12.3. The Morgan fingerprint density at radius 3 is 2.73 bits per heavy atom. The highest BCUT2D eigenvalue weighted by Gasteiger charge is 2.22. The summed E-state index contributed by atoms with van der Waals surface area (Å²) in [6, 6.07) is 7.52. The highest BCUT2D eigenvalue weighted by Crippen LogP contribution is 2.32.